The van der Waals surface area contributed by atoms with Gasteiger partial charge in [0, 0.05) is 18.6 Å². The lowest BCUT2D eigenvalue weighted by Crippen LogP contribution is -2.28. The van der Waals surface area contributed by atoms with E-state index in [1.54, 1.807) is 19.3 Å². The number of hydrogen-bond donors (Lipinski definition) is 1. The number of hydrogen-bond acceptors (Lipinski definition) is 3. The molecule has 0 fully saturated rings. The van der Waals surface area contributed by atoms with Crippen LogP contribution in [0.1, 0.15) is 29.5 Å². The second kappa shape index (κ2) is 7.53. The Morgan fingerprint density at radius 1 is 1.43 bits per heavy atom. The first-order valence-electron chi connectivity index (χ1n) is 7.82. The van der Waals surface area contributed by atoms with Gasteiger partial charge >= 0.3 is 0 Å². The molecule has 0 aromatic heterocycles. The van der Waals surface area contributed by atoms with Gasteiger partial charge in [-0.1, -0.05) is 49.9 Å². The lowest BCUT2D eigenvalue weighted by molar-refractivity contribution is 0.217. The highest BCUT2D eigenvalue weighted by Gasteiger charge is 2.30. The molecule has 0 amide bonds. The molecule has 0 saturated carbocycles. The number of benzene rings is 1. The van der Waals surface area contributed by atoms with Crippen LogP contribution in [0.2, 0.25) is 0 Å². The molecule has 0 saturated heterocycles. The molecule has 0 aliphatic carbocycles. The van der Waals surface area contributed by atoms with E-state index in [1.807, 2.05) is 0 Å². The van der Waals surface area contributed by atoms with Crippen LogP contribution >= 0.6 is 0 Å². The number of allylic oxidation sites excluding steroid dienone is 2. The van der Waals surface area contributed by atoms with Crippen molar-refractivity contribution in [1.82, 2.24) is 0 Å². The Balaban J connectivity index is 2.59. The van der Waals surface area contributed by atoms with Gasteiger partial charge in [-0.25, -0.2) is 0 Å². The van der Waals surface area contributed by atoms with Crippen molar-refractivity contribution in [3.63, 3.8) is 0 Å². The number of ether oxygens (including phenoxy) is 1. The average molecular weight is 311 g/mol. The smallest absolute Gasteiger partial charge is 0.0805 e. The van der Waals surface area contributed by atoms with Gasteiger partial charge in [-0.2, -0.15) is 0 Å². The fraction of sp³-hybridized carbons (Fsp3) is 0.350. The summed E-state index contributed by atoms with van der Waals surface area (Å²) in [4.78, 5) is 4.94. The van der Waals surface area contributed by atoms with Crippen molar-refractivity contribution in [2.75, 3.05) is 20.3 Å². The molecule has 0 bridgehead atoms. The number of fused-ring (bicyclic) bond motifs is 1. The molecule has 3 nitrogen and oxygen atoms in total. The van der Waals surface area contributed by atoms with Crippen LogP contribution in [0.5, 0.6) is 0 Å². The minimum Gasteiger partial charge on any atom is -0.392 e. The van der Waals surface area contributed by atoms with E-state index in [2.05, 4.69) is 45.2 Å². The number of aryl methyl sites for hydroxylation is 1. The Morgan fingerprint density at radius 2 is 2.17 bits per heavy atom. The van der Waals surface area contributed by atoms with E-state index in [0.29, 0.717) is 6.61 Å². The van der Waals surface area contributed by atoms with E-state index >= 15 is 0 Å². The molecule has 2 unspecified atom stereocenters. The molecular weight excluding hydrogens is 286 g/mol. The van der Waals surface area contributed by atoms with Crippen LogP contribution in [0, 0.1) is 6.92 Å². The molecule has 2 rings (SSSR count). The van der Waals surface area contributed by atoms with Crippen LogP contribution in [0.15, 0.2) is 59.6 Å². The molecule has 23 heavy (non-hydrogen) atoms. The van der Waals surface area contributed by atoms with Crippen molar-refractivity contribution in [2.24, 2.45) is 4.99 Å². The quantitative estimate of drug-likeness (QED) is 0.644. The summed E-state index contributed by atoms with van der Waals surface area (Å²) in [5.41, 5.74) is 6.24. The summed E-state index contributed by atoms with van der Waals surface area (Å²) >= 11 is 0. The molecule has 1 aliphatic rings. The molecule has 0 spiro atoms. The maximum Gasteiger partial charge on any atom is 0.0805 e. The van der Waals surface area contributed by atoms with Crippen molar-refractivity contribution >= 4 is 5.71 Å². The Labute approximate surface area is 138 Å². The Morgan fingerprint density at radius 3 is 2.78 bits per heavy atom. The van der Waals surface area contributed by atoms with Gasteiger partial charge in [-0.15, -0.1) is 0 Å². The van der Waals surface area contributed by atoms with Crippen molar-refractivity contribution in [3.05, 3.63) is 71.3 Å². The molecule has 3 heteroatoms. The van der Waals surface area contributed by atoms with E-state index < -0.39 is 0 Å². The molecule has 1 aliphatic heterocycles. The average Bonchev–Trinajstić information content (AvgIpc) is 2.54. The third-order valence-corrected chi connectivity index (χ3v) is 4.29. The number of aliphatic imine (C=N–C) groups is 1. The zero-order chi connectivity index (χ0) is 17.0. The molecule has 1 aromatic rings. The predicted octanol–water partition coefficient (Wildman–Crippen LogP) is 3.58. The second-order valence-electron chi connectivity index (χ2n) is 5.93. The molecule has 2 atom stereocenters. The van der Waals surface area contributed by atoms with Crippen molar-refractivity contribution in [3.8, 4) is 0 Å². The summed E-state index contributed by atoms with van der Waals surface area (Å²) < 4.78 is 5.30. The van der Waals surface area contributed by atoms with E-state index in [0.717, 1.165) is 22.4 Å². The maximum absolute atomic E-state index is 9.32. The van der Waals surface area contributed by atoms with E-state index in [9.17, 15) is 5.11 Å². The minimum absolute atomic E-state index is 0.0179. The zero-order valence-corrected chi connectivity index (χ0v) is 14.2. The molecule has 0 radical (unpaired) electrons. The van der Waals surface area contributed by atoms with Gasteiger partial charge < -0.3 is 9.84 Å². The number of aliphatic hydroxyl groups is 1. The van der Waals surface area contributed by atoms with E-state index in [1.165, 1.54) is 11.1 Å². The topological polar surface area (TPSA) is 41.8 Å². The maximum atomic E-state index is 9.32. The van der Waals surface area contributed by atoms with E-state index in [-0.39, 0.29) is 18.6 Å². The first kappa shape index (κ1) is 17.4. The monoisotopic (exact) mass is 311 g/mol. The molecule has 122 valence electrons. The number of rotatable bonds is 6. The first-order valence-corrected chi connectivity index (χ1v) is 7.82. The van der Waals surface area contributed by atoms with Gasteiger partial charge in [0.25, 0.3) is 0 Å². The summed E-state index contributed by atoms with van der Waals surface area (Å²) in [5, 5.41) is 9.32. The highest BCUT2D eigenvalue weighted by atomic mass is 16.5. The minimum atomic E-state index is -0.0657. The van der Waals surface area contributed by atoms with Crippen molar-refractivity contribution in [2.45, 2.75) is 25.8 Å². The van der Waals surface area contributed by atoms with Crippen LogP contribution in [-0.2, 0) is 4.74 Å². The fourth-order valence-electron chi connectivity index (χ4n) is 3.07. The van der Waals surface area contributed by atoms with Crippen LogP contribution in [0.3, 0.4) is 0 Å². The summed E-state index contributed by atoms with van der Waals surface area (Å²) in [6.45, 7) is 12.6. The normalized spacial score (nSPS) is 20.7. The first-order chi connectivity index (χ1) is 11.0. The highest BCUT2D eigenvalue weighted by Crippen LogP contribution is 2.36. The Bertz CT molecular complexity index is 670. The third-order valence-electron chi connectivity index (χ3n) is 4.29. The lowest BCUT2D eigenvalue weighted by atomic mass is 9.80. The van der Waals surface area contributed by atoms with Gasteiger partial charge in [0.05, 0.1) is 25.0 Å². The fourth-order valence-corrected chi connectivity index (χ4v) is 3.07. The number of methoxy groups -OCH3 is 1. The molecule has 1 aromatic carbocycles. The standard InChI is InChI=1S/C20H25NO2/c1-6-14(3)19-18-11-13(2)7-8-17(18)15(4)20(21-19)16(9-10-22)12-23-5/h6-9,11,15,20,22H,1,3,10,12H2,2,4-5H3/b16-9+. The van der Waals surface area contributed by atoms with Gasteiger partial charge in [0.15, 0.2) is 0 Å². The number of aliphatic hydroxyl groups excluding tert-OH is 1. The van der Waals surface area contributed by atoms with E-state index in [4.69, 9.17) is 9.73 Å². The van der Waals surface area contributed by atoms with Gasteiger partial charge in [-0.05, 0) is 29.7 Å². The van der Waals surface area contributed by atoms with Gasteiger partial charge in [0.2, 0.25) is 0 Å². The van der Waals surface area contributed by atoms with Gasteiger partial charge in [0.1, 0.15) is 0 Å². The van der Waals surface area contributed by atoms with Crippen LogP contribution < -0.4 is 0 Å². The largest absolute Gasteiger partial charge is 0.392 e. The van der Waals surface area contributed by atoms with Crippen LogP contribution in [0.4, 0.5) is 0 Å². The number of nitrogens with zero attached hydrogens (tertiary/aromatic N) is 1. The summed E-state index contributed by atoms with van der Waals surface area (Å²) in [7, 11) is 1.66. The zero-order valence-electron chi connectivity index (χ0n) is 14.2. The molecule has 1 heterocycles. The highest BCUT2D eigenvalue weighted by molar-refractivity contribution is 6.15. The predicted molar refractivity (Wildman–Crippen MR) is 96.3 cm³/mol. The molecule has 1 N–H and O–H groups in total. The van der Waals surface area contributed by atoms with Crippen molar-refractivity contribution < 1.29 is 9.84 Å². The van der Waals surface area contributed by atoms with Gasteiger partial charge in [-0.3, -0.25) is 4.99 Å². The van der Waals surface area contributed by atoms with Crippen molar-refractivity contribution in [1.29, 1.82) is 0 Å². The Kier molecular flexibility index (Phi) is 5.69. The summed E-state index contributed by atoms with van der Waals surface area (Å²) in [5.74, 6) is 0.208. The lowest BCUT2D eigenvalue weighted by Gasteiger charge is -2.31. The SMILES string of the molecule is C=CC(=C)C1=NC(/C(=C/CO)COC)C(C)c2ccc(C)cc21. The Hall–Kier alpha value is -1.97. The summed E-state index contributed by atoms with van der Waals surface area (Å²) in [6, 6.07) is 6.37. The summed E-state index contributed by atoms with van der Waals surface area (Å²) in [6.07, 6.45) is 3.53. The third kappa shape index (κ3) is 3.52. The molecular formula is C20H25NO2. The van der Waals surface area contributed by atoms with Crippen LogP contribution in [0.25, 0.3) is 0 Å². The second-order valence-corrected chi connectivity index (χ2v) is 5.93. The van der Waals surface area contributed by atoms with Crippen LogP contribution in [-0.4, -0.2) is 37.2 Å².